The van der Waals surface area contributed by atoms with Crippen molar-refractivity contribution in [1.82, 2.24) is 10.2 Å². The average molecular weight is 238 g/mol. The molecule has 0 bridgehead atoms. The van der Waals surface area contributed by atoms with Crippen LogP contribution < -0.4 is 5.32 Å². The van der Waals surface area contributed by atoms with E-state index in [0.29, 0.717) is 5.41 Å². The Morgan fingerprint density at radius 1 is 1.41 bits per heavy atom. The second kappa shape index (κ2) is 4.67. The van der Waals surface area contributed by atoms with Gasteiger partial charge in [-0.15, -0.1) is 0 Å². The molecule has 0 unspecified atom stereocenters. The van der Waals surface area contributed by atoms with E-state index in [1.165, 1.54) is 26.2 Å². The molecule has 4 nitrogen and oxygen atoms in total. The standard InChI is InChI=1S/C13H22N2O2/c1-10-3-4-13(7-10)5-6-15(9-13)12(17)8-14-11(2)16/h10H,3-9H2,1-2H3,(H,14,16)/t10-,13-/m0/s1. The zero-order valence-corrected chi connectivity index (χ0v) is 10.8. The number of carbonyl (C=O) groups is 2. The molecule has 1 saturated carbocycles. The first-order chi connectivity index (χ1) is 8.01. The quantitative estimate of drug-likeness (QED) is 0.785. The van der Waals surface area contributed by atoms with Crippen LogP contribution in [0.15, 0.2) is 0 Å². The largest absolute Gasteiger partial charge is 0.347 e. The summed E-state index contributed by atoms with van der Waals surface area (Å²) in [5.41, 5.74) is 0.394. The molecule has 2 amide bonds. The zero-order chi connectivity index (χ0) is 12.5. The molecule has 0 aromatic carbocycles. The highest BCUT2D eigenvalue weighted by Gasteiger charge is 2.43. The Kier molecular flexibility index (Phi) is 3.40. The maximum atomic E-state index is 11.9. The van der Waals surface area contributed by atoms with Gasteiger partial charge in [-0.25, -0.2) is 0 Å². The summed E-state index contributed by atoms with van der Waals surface area (Å²) >= 11 is 0. The first kappa shape index (κ1) is 12.4. The highest BCUT2D eigenvalue weighted by atomic mass is 16.2. The van der Waals surface area contributed by atoms with Crippen molar-refractivity contribution >= 4 is 11.8 Å². The minimum Gasteiger partial charge on any atom is -0.347 e. The lowest BCUT2D eigenvalue weighted by Gasteiger charge is -2.24. The van der Waals surface area contributed by atoms with Crippen molar-refractivity contribution in [2.75, 3.05) is 19.6 Å². The first-order valence-electron chi connectivity index (χ1n) is 6.53. The highest BCUT2D eigenvalue weighted by Crippen LogP contribution is 2.47. The Hall–Kier alpha value is -1.06. The summed E-state index contributed by atoms with van der Waals surface area (Å²) in [5, 5.41) is 2.58. The van der Waals surface area contributed by atoms with Crippen molar-refractivity contribution in [2.24, 2.45) is 11.3 Å². The molecule has 0 radical (unpaired) electrons. The van der Waals surface area contributed by atoms with Crippen molar-refractivity contribution in [2.45, 2.75) is 39.5 Å². The summed E-state index contributed by atoms with van der Waals surface area (Å²) in [6, 6.07) is 0. The number of likely N-dealkylation sites (tertiary alicyclic amines) is 1. The number of nitrogens with zero attached hydrogens (tertiary/aromatic N) is 1. The van der Waals surface area contributed by atoms with Gasteiger partial charge in [0, 0.05) is 20.0 Å². The van der Waals surface area contributed by atoms with Crippen molar-refractivity contribution in [1.29, 1.82) is 0 Å². The summed E-state index contributed by atoms with van der Waals surface area (Å²) in [4.78, 5) is 24.6. The van der Waals surface area contributed by atoms with E-state index in [-0.39, 0.29) is 18.4 Å². The molecule has 0 aromatic rings. The van der Waals surface area contributed by atoms with E-state index in [9.17, 15) is 9.59 Å². The summed E-state index contributed by atoms with van der Waals surface area (Å²) in [6.07, 6.45) is 4.96. The predicted octanol–water partition coefficient (Wildman–Crippen LogP) is 1.16. The molecular weight excluding hydrogens is 216 g/mol. The molecule has 1 aliphatic carbocycles. The SMILES string of the molecule is CC(=O)NCC(=O)N1CC[C@]2(CC[C@H](C)C2)C1. The number of rotatable bonds is 2. The molecule has 1 spiro atoms. The van der Waals surface area contributed by atoms with Crippen LogP contribution >= 0.6 is 0 Å². The lowest BCUT2D eigenvalue weighted by atomic mass is 9.85. The molecule has 2 atom stereocenters. The molecule has 17 heavy (non-hydrogen) atoms. The third-order valence-electron chi connectivity index (χ3n) is 4.23. The number of carbonyl (C=O) groups excluding carboxylic acids is 2. The summed E-state index contributed by atoms with van der Waals surface area (Å²) in [6.45, 7) is 5.66. The Morgan fingerprint density at radius 2 is 2.18 bits per heavy atom. The van der Waals surface area contributed by atoms with Crippen molar-refractivity contribution < 1.29 is 9.59 Å². The molecule has 1 heterocycles. The van der Waals surface area contributed by atoms with Crippen LogP contribution in [0.3, 0.4) is 0 Å². The van der Waals surface area contributed by atoms with E-state index in [4.69, 9.17) is 0 Å². The Balaban J connectivity index is 1.85. The number of amides is 2. The van der Waals surface area contributed by atoms with Crippen LogP contribution in [0.4, 0.5) is 0 Å². The van der Waals surface area contributed by atoms with Crippen LogP contribution in [0.5, 0.6) is 0 Å². The van der Waals surface area contributed by atoms with Crippen LogP contribution in [0, 0.1) is 11.3 Å². The van der Waals surface area contributed by atoms with Crippen LogP contribution in [0.1, 0.15) is 39.5 Å². The molecule has 1 saturated heterocycles. The molecule has 1 aliphatic heterocycles. The smallest absolute Gasteiger partial charge is 0.241 e. The molecule has 2 fully saturated rings. The molecule has 2 rings (SSSR count). The van der Waals surface area contributed by atoms with Crippen molar-refractivity contribution in [3.63, 3.8) is 0 Å². The fourth-order valence-corrected chi connectivity index (χ4v) is 3.33. The van der Waals surface area contributed by atoms with Gasteiger partial charge in [0.1, 0.15) is 0 Å². The Morgan fingerprint density at radius 3 is 2.76 bits per heavy atom. The topological polar surface area (TPSA) is 49.4 Å². The monoisotopic (exact) mass is 238 g/mol. The molecule has 1 N–H and O–H groups in total. The fraction of sp³-hybridized carbons (Fsp3) is 0.846. The average Bonchev–Trinajstić information content (AvgIpc) is 2.83. The maximum absolute atomic E-state index is 11.9. The maximum Gasteiger partial charge on any atom is 0.241 e. The fourth-order valence-electron chi connectivity index (χ4n) is 3.33. The van der Waals surface area contributed by atoms with E-state index in [2.05, 4.69) is 12.2 Å². The highest BCUT2D eigenvalue weighted by molar-refractivity contribution is 5.83. The second-order valence-electron chi connectivity index (χ2n) is 5.82. The molecule has 4 heteroatoms. The molecule has 96 valence electrons. The van der Waals surface area contributed by atoms with Crippen molar-refractivity contribution in [3.05, 3.63) is 0 Å². The van der Waals surface area contributed by atoms with E-state index < -0.39 is 0 Å². The van der Waals surface area contributed by atoms with Gasteiger partial charge >= 0.3 is 0 Å². The van der Waals surface area contributed by atoms with Crippen LogP contribution in [-0.2, 0) is 9.59 Å². The van der Waals surface area contributed by atoms with E-state index in [1.54, 1.807) is 0 Å². The van der Waals surface area contributed by atoms with Crippen LogP contribution in [0.2, 0.25) is 0 Å². The van der Waals surface area contributed by atoms with E-state index >= 15 is 0 Å². The summed E-state index contributed by atoms with van der Waals surface area (Å²) in [5.74, 6) is 0.735. The molecule has 0 aromatic heterocycles. The number of nitrogens with one attached hydrogen (secondary N) is 1. The third-order valence-corrected chi connectivity index (χ3v) is 4.23. The van der Waals surface area contributed by atoms with E-state index in [1.807, 2.05) is 4.90 Å². The second-order valence-corrected chi connectivity index (χ2v) is 5.82. The van der Waals surface area contributed by atoms with Crippen LogP contribution in [0.25, 0.3) is 0 Å². The third kappa shape index (κ3) is 2.79. The van der Waals surface area contributed by atoms with Gasteiger partial charge < -0.3 is 10.2 Å². The van der Waals surface area contributed by atoms with Gasteiger partial charge in [0.05, 0.1) is 6.54 Å². The lowest BCUT2D eigenvalue weighted by molar-refractivity contribution is -0.131. The number of hydrogen-bond donors (Lipinski definition) is 1. The van der Waals surface area contributed by atoms with Crippen LogP contribution in [-0.4, -0.2) is 36.3 Å². The van der Waals surface area contributed by atoms with E-state index in [0.717, 1.165) is 25.4 Å². The predicted molar refractivity (Wildman–Crippen MR) is 65.3 cm³/mol. The summed E-state index contributed by atoms with van der Waals surface area (Å²) in [7, 11) is 0. The Bertz CT molecular complexity index is 329. The molecular formula is C13H22N2O2. The van der Waals surface area contributed by atoms with Gasteiger partial charge in [0.25, 0.3) is 0 Å². The normalized spacial score (nSPS) is 32.1. The number of hydrogen-bond acceptors (Lipinski definition) is 2. The van der Waals surface area contributed by atoms with Gasteiger partial charge in [-0.1, -0.05) is 13.3 Å². The van der Waals surface area contributed by atoms with Gasteiger partial charge in [-0.05, 0) is 30.6 Å². The minimum atomic E-state index is -0.137. The first-order valence-corrected chi connectivity index (χ1v) is 6.53. The van der Waals surface area contributed by atoms with Gasteiger partial charge in [-0.2, -0.15) is 0 Å². The summed E-state index contributed by atoms with van der Waals surface area (Å²) < 4.78 is 0. The lowest BCUT2D eigenvalue weighted by Crippen LogP contribution is -2.39. The van der Waals surface area contributed by atoms with Gasteiger partial charge in [-0.3, -0.25) is 9.59 Å². The zero-order valence-electron chi connectivity index (χ0n) is 10.8. The minimum absolute atomic E-state index is 0.0663. The van der Waals surface area contributed by atoms with Gasteiger partial charge in [0.15, 0.2) is 0 Å². The van der Waals surface area contributed by atoms with Crippen molar-refractivity contribution in [3.8, 4) is 0 Å². The Labute approximate surface area is 103 Å². The molecule has 2 aliphatic rings. The van der Waals surface area contributed by atoms with Gasteiger partial charge in [0.2, 0.25) is 11.8 Å².